The molecule has 0 aliphatic carbocycles. The normalized spacial score (nSPS) is 16.3. The van der Waals surface area contributed by atoms with Crippen LogP contribution in [0.25, 0.3) is 0 Å². The van der Waals surface area contributed by atoms with Crippen LogP contribution in [0.2, 0.25) is 0 Å². The fraction of sp³-hybridized carbons (Fsp3) is 0.615. The van der Waals surface area contributed by atoms with Gasteiger partial charge in [0, 0.05) is 78.8 Å². The quantitative estimate of drug-likeness (QED) is 0.0523. The Bertz CT molecular complexity index is 2760. The van der Waals surface area contributed by atoms with Crippen molar-refractivity contribution in [1.82, 2.24) is 46.2 Å². The molecule has 6 N–H and O–H groups in total. The Morgan fingerprint density at radius 1 is 0.722 bits per heavy atom. The van der Waals surface area contributed by atoms with Gasteiger partial charge in [-0.2, -0.15) is 0 Å². The number of likely N-dealkylation sites (tertiary alicyclic amines) is 1. The van der Waals surface area contributed by atoms with Crippen molar-refractivity contribution < 1.29 is 71.7 Å². The third-order valence-electron chi connectivity index (χ3n) is 16.4. The van der Waals surface area contributed by atoms with E-state index in [2.05, 4.69) is 31.9 Å². The van der Waals surface area contributed by atoms with Gasteiger partial charge in [-0.1, -0.05) is 90.4 Å². The number of carbonyl (C=O) groups excluding carboxylic acids is 11. The van der Waals surface area contributed by atoms with Gasteiger partial charge >= 0.3 is 6.09 Å². The molecule has 4 rings (SSSR count). The Labute approximate surface area is 530 Å². The lowest BCUT2D eigenvalue weighted by atomic mass is 9.90. The van der Waals surface area contributed by atoms with Crippen LogP contribution in [0.3, 0.4) is 0 Å². The van der Waals surface area contributed by atoms with E-state index in [4.69, 9.17) is 18.9 Å². The minimum Gasteiger partial charge on any atom is -0.445 e. The van der Waals surface area contributed by atoms with Crippen LogP contribution in [0.15, 0.2) is 66.7 Å². The molecule has 0 radical (unpaired) electrons. The summed E-state index contributed by atoms with van der Waals surface area (Å²) < 4.78 is 23.3. The average molecular weight is 1260 g/mol. The monoisotopic (exact) mass is 1260 g/mol. The number of nitrogens with one attached hydrogen (secondary N) is 6. The number of anilines is 1. The molecule has 498 valence electrons. The molecule has 8 atom stereocenters. The van der Waals surface area contributed by atoms with Gasteiger partial charge in [-0.15, -0.1) is 0 Å². The van der Waals surface area contributed by atoms with Crippen molar-refractivity contribution in [1.29, 1.82) is 0 Å². The Kier molecular flexibility index (Phi) is 30.5. The van der Waals surface area contributed by atoms with Crippen LogP contribution in [-0.4, -0.2) is 201 Å². The average Bonchev–Trinajstić information content (AvgIpc) is 1.80. The maximum absolute atomic E-state index is 14.1. The number of ether oxygens (including phenoxy) is 4. The highest BCUT2D eigenvalue weighted by Gasteiger charge is 2.41. The standard InChI is InChI=1S/C65H98N10O15/c1-14-43(6)60(50(88-13)36-56(81)74-33-18-21-48(74)49(87-12)35-52(77)67-32-29-45-19-16-15-17-20-45)72(10)57(82)38-69-62(84)59(42(4)5)73(11)64(86)89-39-46-22-24-47(25-23-46)70-53(78)37-68-61(83)58(41(2)3)71-63(85)65(8,9)40-90-44(7)28-31-66-51(76)30-34-75-54(79)26-27-55(75)80/h15-17,19-20,22-27,41-44,48-50,58-60H,14,18,21,28-40H2,1-13H3,(H,66,76)(H,67,77)(H,68,83)(H,69,84)(H,70,78)(H,71,85)/t43-,44?,48-,49+,50+,58?,59?,60-/m0/s1. The zero-order chi connectivity index (χ0) is 66.8. The number of carbonyl (C=O) groups is 11. The van der Waals surface area contributed by atoms with E-state index >= 15 is 0 Å². The Morgan fingerprint density at radius 2 is 1.37 bits per heavy atom. The molecule has 0 aromatic heterocycles. The number of nitrogens with zero attached hydrogens (tertiary/aromatic N) is 4. The summed E-state index contributed by atoms with van der Waals surface area (Å²) in [5.41, 5.74) is 0.999. The predicted octanol–water partition coefficient (Wildman–Crippen LogP) is 3.88. The highest BCUT2D eigenvalue weighted by atomic mass is 16.6. The minimum atomic E-state index is -1.06. The molecule has 25 nitrogen and oxygen atoms in total. The van der Waals surface area contributed by atoms with Gasteiger partial charge in [0.1, 0.15) is 18.7 Å². The predicted molar refractivity (Wildman–Crippen MR) is 336 cm³/mol. The molecule has 90 heavy (non-hydrogen) atoms. The zero-order valence-corrected chi connectivity index (χ0v) is 54.9. The summed E-state index contributed by atoms with van der Waals surface area (Å²) >= 11 is 0. The second-order valence-electron chi connectivity index (χ2n) is 24.5. The molecule has 1 fully saturated rings. The summed E-state index contributed by atoms with van der Waals surface area (Å²) in [5, 5.41) is 16.5. The van der Waals surface area contributed by atoms with Crippen molar-refractivity contribution in [3.8, 4) is 0 Å². The molecule has 11 amide bonds. The van der Waals surface area contributed by atoms with Crippen LogP contribution in [0.5, 0.6) is 0 Å². The summed E-state index contributed by atoms with van der Waals surface area (Å²) in [6.07, 6.45) is 3.13. The van der Waals surface area contributed by atoms with Crippen molar-refractivity contribution in [3.05, 3.63) is 77.9 Å². The lowest BCUT2D eigenvalue weighted by Gasteiger charge is -2.39. The van der Waals surface area contributed by atoms with Crippen molar-refractivity contribution in [3.63, 3.8) is 0 Å². The van der Waals surface area contributed by atoms with Gasteiger partial charge in [0.25, 0.3) is 11.8 Å². The lowest BCUT2D eigenvalue weighted by Crippen LogP contribution is -2.55. The van der Waals surface area contributed by atoms with Crippen LogP contribution < -0.4 is 31.9 Å². The van der Waals surface area contributed by atoms with Crippen LogP contribution in [0.4, 0.5) is 10.5 Å². The Balaban J connectivity index is 1.21. The molecule has 0 saturated carbocycles. The summed E-state index contributed by atoms with van der Waals surface area (Å²) in [6, 6.07) is 13.4. The van der Waals surface area contributed by atoms with E-state index in [-0.39, 0.29) is 87.3 Å². The molecule has 2 aliphatic heterocycles. The number of hydrogen-bond acceptors (Lipinski definition) is 15. The second-order valence-corrected chi connectivity index (χ2v) is 24.5. The van der Waals surface area contributed by atoms with Crippen molar-refractivity contribution >= 4 is 70.9 Å². The van der Waals surface area contributed by atoms with Crippen molar-refractivity contribution in [2.75, 3.05) is 79.5 Å². The van der Waals surface area contributed by atoms with E-state index < -0.39 is 102 Å². The summed E-state index contributed by atoms with van der Waals surface area (Å²) in [5.74, 6) is -5.03. The maximum atomic E-state index is 14.1. The third-order valence-corrected chi connectivity index (χ3v) is 16.4. The Morgan fingerprint density at radius 3 is 1.98 bits per heavy atom. The molecule has 3 unspecified atom stereocenters. The fourth-order valence-corrected chi connectivity index (χ4v) is 10.7. The molecule has 1 saturated heterocycles. The SMILES string of the molecule is CC[C@H](C)[C@@H]([C@@H](CC(=O)N1CCC[C@H]1[C@@H](CC(=O)NCCc1ccccc1)OC)OC)N(C)C(=O)CNC(=O)C(C(C)C)N(C)C(=O)OCc1ccc(NC(=O)CNC(=O)C(NC(=O)C(C)(C)COC(C)CCNC(=O)CCN2C(=O)C=CC2=O)C(C)C)cc1. The summed E-state index contributed by atoms with van der Waals surface area (Å²) in [7, 11) is 6.09. The van der Waals surface area contributed by atoms with E-state index in [1.54, 1.807) is 91.8 Å². The first-order valence-corrected chi connectivity index (χ1v) is 31.1. The Hall–Kier alpha value is -7.77. The molecule has 2 heterocycles. The number of amides is 11. The van der Waals surface area contributed by atoms with Gasteiger partial charge in [-0.25, -0.2) is 4.79 Å². The highest BCUT2D eigenvalue weighted by molar-refractivity contribution is 6.13. The van der Waals surface area contributed by atoms with Crippen molar-refractivity contribution in [2.45, 2.75) is 163 Å². The summed E-state index contributed by atoms with van der Waals surface area (Å²) in [6.45, 7) is 16.3. The third kappa shape index (κ3) is 23.2. The first-order chi connectivity index (χ1) is 42.6. The molecule has 2 aromatic rings. The molecule has 0 spiro atoms. The molecular formula is C65H98N10O15. The fourth-order valence-electron chi connectivity index (χ4n) is 10.7. The minimum absolute atomic E-state index is 0.000133. The number of imide groups is 1. The van der Waals surface area contributed by atoms with E-state index in [1.807, 2.05) is 44.2 Å². The van der Waals surface area contributed by atoms with E-state index in [0.29, 0.717) is 50.0 Å². The first kappa shape index (κ1) is 74.7. The number of hydrogen-bond donors (Lipinski definition) is 6. The van der Waals surface area contributed by atoms with E-state index in [9.17, 15) is 52.7 Å². The van der Waals surface area contributed by atoms with Crippen LogP contribution in [-0.2, 0) is 79.9 Å². The zero-order valence-electron chi connectivity index (χ0n) is 54.9. The maximum Gasteiger partial charge on any atom is 0.410 e. The first-order valence-electron chi connectivity index (χ1n) is 31.1. The number of benzene rings is 2. The molecule has 2 aromatic carbocycles. The van der Waals surface area contributed by atoms with E-state index in [1.165, 1.54) is 24.0 Å². The van der Waals surface area contributed by atoms with Crippen LogP contribution in [0.1, 0.15) is 118 Å². The summed E-state index contributed by atoms with van der Waals surface area (Å²) in [4.78, 5) is 149. The molecule has 25 heteroatoms. The van der Waals surface area contributed by atoms with Crippen LogP contribution in [0, 0.1) is 23.2 Å². The largest absolute Gasteiger partial charge is 0.445 e. The number of rotatable bonds is 37. The molecule has 0 bridgehead atoms. The second kappa shape index (κ2) is 36.8. The van der Waals surface area contributed by atoms with Gasteiger partial charge in [0.05, 0.1) is 68.3 Å². The molecule has 2 aliphatic rings. The number of methoxy groups -OCH3 is 2. The van der Waals surface area contributed by atoms with Gasteiger partial charge in [0.2, 0.25) is 47.3 Å². The van der Waals surface area contributed by atoms with Gasteiger partial charge in [0.15, 0.2) is 0 Å². The van der Waals surface area contributed by atoms with Gasteiger partial charge in [-0.05, 0) is 87.5 Å². The van der Waals surface area contributed by atoms with E-state index in [0.717, 1.165) is 29.0 Å². The lowest BCUT2D eigenvalue weighted by molar-refractivity contribution is -0.144. The van der Waals surface area contributed by atoms with Gasteiger partial charge < -0.3 is 60.6 Å². The smallest absolute Gasteiger partial charge is 0.410 e. The molecular weight excluding hydrogens is 1160 g/mol. The highest BCUT2D eigenvalue weighted by Crippen LogP contribution is 2.28. The van der Waals surface area contributed by atoms with Crippen molar-refractivity contribution in [2.24, 2.45) is 23.2 Å². The topological polar surface area (TPSA) is 310 Å². The number of likely N-dealkylation sites (N-methyl/N-ethyl adjacent to an activating group) is 2. The van der Waals surface area contributed by atoms with Crippen LogP contribution >= 0.6 is 0 Å². The van der Waals surface area contributed by atoms with Gasteiger partial charge in [-0.3, -0.25) is 57.7 Å².